The van der Waals surface area contributed by atoms with Gasteiger partial charge in [0.15, 0.2) is 0 Å². The van der Waals surface area contributed by atoms with E-state index in [1.807, 2.05) is 24.5 Å². The minimum absolute atomic E-state index is 0.0857. The molecule has 0 amide bonds. The lowest BCUT2D eigenvalue weighted by atomic mass is 10.1. The zero-order valence-corrected chi connectivity index (χ0v) is 7.56. The molecule has 1 aromatic rings. The molecule has 1 aliphatic rings. The van der Waals surface area contributed by atoms with E-state index in [-0.39, 0.29) is 6.10 Å². The maximum atomic E-state index is 9.06. The van der Waals surface area contributed by atoms with Crippen LogP contribution in [0.15, 0.2) is 24.5 Å². The van der Waals surface area contributed by atoms with Crippen molar-refractivity contribution in [3.8, 4) is 0 Å². The van der Waals surface area contributed by atoms with Crippen molar-refractivity contribution in [2.45, 2.75) is 12.5 Å². The maximum absolute atomic E-state index is 9.06. The van der Waals surface area contributed by atoms with E-state index in [1.165, 1.54) is 5.56 Å². The zero-order chi connectivity index (χ0) is 9.10. The predicted molar refractivity (Wildman–Crippen MR) is 50.4 cm³/mol. The van der Waals surface area contributed by atoms with Gasteiger partial charge in [0, 0.05) is 32.0 Å². The third-order valence-electron chi connectivity index (χ3n) is 2.40. The van der Waals surface area contributed by atoms with E-state index >= 15 is 0 Å². The summed E-state index contributed by atoms with van der Waals surface area (Å²) in [5.41, 5.74) is 1.32. The molecule has 2 rings (SSSR count). The van der Waals surface area contributed by atoms with Gasteiger partial charge < -0.3 is 5.11 Å². The van der Waals surface area contributed by atoms with E-state index in [0.29, 0.717) is 0 Å². The van der Waals surface area contributed by atoms with Gasteiger partial charge in [0.05, 0.1) is 6.10 Å². The first-order chi connectivity index (χ1) is 6.34. The molecule has 0 aliphatic carbocycles. The van der Waals surface area contributed by atoms with Gasteiger partial charge in [-0.15, -0.1) is 0 Å². The average molecular weight is 178 g/mol. The van der Waals surface area contributed by atoms with Gasteiger partial charge in [-0.2, -0.15) is 0 Å². The van der Waals surface area contributed by atoms with E-state index in [1.54, 1.807) is 0 Å². The summed E-state index contributed by atoms with van der Waals surface area (Å²) >= 11 is 0. The van der Waals surface area contributed by atoms with Crippen LogP contribution in [-0.4, -0.2) is 40.7 Å². The Kier molecular flexibility index (Phi) is 2.57. The third kappa shape index (κ3) is 2.26. The van der Waals surface area contributed by atoms with Crippen molar-refractivity contribution in [3.05, 3.63) is 30.1 Å². The van der Waals surface area contributed by atoms with Gasteiger partial charge in [0.2, 0.25) is 0 Å². The molecule has 1 aliphatic heterocycles. The smallest absolute Gasteiger partial charge is 0.0793 e. The fourth-order valence-electron chi connectivity index (χ4n) is 1.56. The molecule has 0 saturated carbocycles. The standard InChI is InChI=1S/C10H14N2O/c13-10-7-12(8-10)6-3-9-1-4-11-5-2-9/h1-2,4-5,10,13H,3,6-8H2. The molecule has 70 valence electrons. The van der Waals surface area contributed by atoms with E-state index in [2.05, 4.69) is 9.88 Å². The van der Waals surface area contributed by atoms with Gasteiger partial charge in [0.25, 0.3) is 0 Å². The van der Waals surface area contributed by atoms with Crippen molar-refractivity contribution in [1.29, 1.82) is 0 Å². The minimum Gasteiger partial charge on any atom is -0.390 e. The van der Waals surface area contributed by atoms with Crippen molar-refractivity contribution in [1.82, 2.24) is 9.88 Å². The van der Waals surface area contributed by atoms with Crippen molar-refractivity contribution in [3.63, 3.8) is 0 Å². The molecular formula is C10H14N2O. The van der Waals surface area contributed by atoms with Crippen LogP contribution in [0.4, 0.5) is 0 Å². The molecule has 0 unspecified atom stereocenters. The van der Waals surface area contributed by atoms with Gasteiger partial charge in [0.1, 0.15) is 0 Å². The molecule has 3 nitrogen and oxygen atoms in total. The Labute approximate surface area is 78.0 Å². The lowest BCUT2D eigenvalue weighted by Crippen LogP contribution is -2.51. The normalized spacial score (nSPS) is 18.5. The molecule has 1 fully saturated rings. The molecule has 0 radical (unpaired) electrons. The Bertz CT molecular complexity index is 257. The quantitative estimate of drug-likeness (QED) is 0.723. The minimum atomic E-state index is -0.0857. The van der Waals surface area contributed by atoms with Crippen LogP contribution in [0.1, 0.15) is 5.56 Å². The summed E-state index contributed by atoms with van der Waals surface area (Å²) in [5, 5.41) is 9.06. The molecule has 0 atom stereocenters. The predicted octanol–water partition coefficient (Wildman–Crippen LogP) is 0.301. The van der Waals surface area contributed by atoms with Crippen LogP contribution in [0, 0.1) is 0 Å². The lowest BCUT2D eigenvalue weighted by Gasteiger charge is -2.35. The highest BCUT2D eigenvalue weighted by atomic mass is 16.3. The summed E-state index contributed by atoms with van der Waals surface area (Å²) in [6, 6.07) is 4.08. The van der Waals surface area contributed by atoms with Gasteiger partial charge in [-0.25, -0.2) is 0 Å². The third-order valence-corrected chi connectivity index (χ3v) is 2.40. The number of rotatable bonds is 3. The first kappa shape index (κ1) is 8.66. The van der Waals surface area contributed by atoms with Crippen LogP contribution >= 0.6 is 0 Å². The number of likely N-dealkylation sites (tertiary alicyclic amines) is 1. The van der Waals surface area contributed by atoms with Crippen molar-refractivity contribution in [2.75, 3.05) is 19.6 Å². The zero-order valence-electron chi connectivity index (χ0n) is 7.56. The second kappa shape index (κ2) is 3.85. The first-order valence-corrected chi connectivity index (χ1v) is 4.64. The largest absolute Gasteiger partial charge is 0.390 e. The Morgan fingerprint density at radius 2 is 2.08 bits per heavy atom. The molecule has 0 aromatic carbocycles. The molecule has 3 heteroatoms. The van der Waals surface area contributed by atoms with Gasteiger partial charge >= 0.3 is 0 Å². The fraction of sp³-hybridized carbons (Fsp3) is 0.500. The SMILES string of the molecule is OC1CN(CCc2ccncc2)C1. The van der Waals surface area contributed by atoms with Gasteiger partial charge in [-0.3, -0.25) is 9.88 Å². The van der Waals surface area contributed by atoms with Crippen molar-refractivity contribution < 1.29 is 5.11 Å². The number of aliphatic hydroxyl groups excluding tert-OH is 1. The number of hydrogen-bond acceptors (Lipinski definition) is 3. The molecule has 0 spiro atoms. The van der Waals surface area contributed by atoms with Crippen molar-refractivity contribution >= 4 is 0 Å². The summed E-state index contributed by atoms with van der Waals surface area (Å²) in [6.45, 7) is 2.72. The number of hydrogen-bond donors (Lipinski definition) is 1. The molecule has 0 bridgehead atoms. The van der Waals surface area contributed by atoms with Crippen LogP contribution in [0.3, 0.4) is 0 Å². The molecule has 2 heterocycles. The Hall–Kier alpha value is -0.930. The second-order valence-electron chi connectivity index (χ2n) is 3.52. The van der Waals surface area contributed by atoms with Crippen LogP contribution in [0.2, 0.25) is 0 Å². The number of β-amino-alcohol motifs (C(OH)–C–C–N with tert-alkyl or cyclic N) is 1. The highest BCUT2D eigenvalue weighted by molar-refractivity contribution is 5.10. The summed E-state index contributed by atoms with van der Waals surface area (Å²) < 4.78 is 0. The summed E-state index contributed by atoms with van der Waals surface area (Å²) in [4.78, 5) is 6.22. The Morgan fingerprint density at radius 3 is 2.69 bits per heavy atom. The highest BCUT2D eigenvalue weighted by Crippen LogP contribution is 2.08. The Morgan fingerprint density at radius 1 is 1.38 bits per heavy atom. The number of pyridine rings is 1. The molecular weight excluding hydrogens is 164 g/mol. The van der Waals surface area contributed by atoms with Gasteiger partial charge in [-0.05, 0) is 24.1 Å². The molecule has 1 aromatic heterocycles. The number of aliphatic hydroxyl groups is 1. The first-order valence-electron chi connectivity index (χ1n) is 4.64. The Balaban J connectivity index is 1.74. The second-order valence-corrected chi connectivity index (χ2v) is 3.52. The lowest BCUT2D eigenvalue weighted by molar-refractivity contribution is 0.00310. The maximum Gasteiger partial charge on any atom is 0.0793 e. The average Bonchev–Trinajstić information content (AvgIpc) is 2.12. The molecule has 1 N–H and O–H groups in total. The summed E-state index contributed by atoms with van der Waals surface area (Å²) in [7, 11) is 0. The topological polar surface area (TPSA) is 36.4 Å². The van der Waals surface area contributed by atoms with E-state index < -0.39 is 0 Å². The molecule has 1 saturated heterocycles. The highest BCUT2D eigenvalue weighted by Gasteiger charge is 2.23. The van der Waals surface area contributed by atoms with Crippen LogP contribution in [0.25, 0.3) is 0 Å². The van der Waals surface area contributed by atoms with Crippen LogP contribution < -0.4 is 0 Å². The van der Waals surface area contributed by atoms with Crippen molar-refractivity contribution in [2.24, 2.45) is 0 Å². The summed E-state index contributed by atoms with van der Waals surface area (Å²) in [6.07, 6.45) is 4.60. The monoisotopic (exact) mass is 178 g/mol. The van der Waals surface area contributed by atoms with Gasteiger partial charge in [-0.1, -0.05) is 0 Å². The van der Waals surface area contributed by atoms with E-state index in [0.717, 1.165) is 26.1 Å². The van der Waals surface area contributed by atoms with E-state index in [4.69, 9.17) is 5.11 Å². The fourth-order valence-corrected chi connectivity index (χ4v) is 1.56. The van der Waals surface area contributed by atoms with Crippen LogP contribution in [-0.2, 0) is 6.42 Å². The van der Waals surface area contributed by atoms with E-state index in [9.17, 15) is 0 Å². The number of nitrogens with zero attached hydrogens (tertiary/aromatic N) is 2. The van der Waals surface area contributed by atoms with Crippen LogP contribution in [0.5, 0.6) is 0 Å². The molecule has 13 heavy (non-hydrogen) atoms. The summed E-state index contributed by atoms with van der Waals surface area (Å²) in [5.74, 6) is 0. The number of aromatic nitrogens is 1.